The van der Waals surface area contributed by atoms with Crippen LogP contribution in [0.3, 0.4) is 0 Å². The predicted octanol–water partition coefficient (Wildman–Crippen LogP) is 5.57. The molecule has 6 heteroatoms. The first-order chi connectivity index (χ1) is 14.6. The van der Waals surface area contributed by atoms with Crippen LogP contribution in [0.5, 0.6) is 0 Å². The van der Waals surface area contributed by atoms with E-state index in [-0.39, 0.29) is 17.5 Å². The quantitative estimate of drug-likeness (QED) is 0.517. The second-order valence-electron chi connectivity index (χ2n) is 8.08. The van der Waals surface area contributed by atoms with E-state index >= 15 is 0 Å². The van der Waals surface area contributed by atoms with Crippen molar-refractivity contribution >= 4 is 23.3 Å². The fourth-order valence-corrected chi connectivity index (χ4v) is 5.08. The molecular weight excluding hydrogens is 401 g/mol. The number of hydrogen-bond donors (Lipinski definition) is 0. The van der Waals surface area contributed by atoms with E-state index in [0.717, 1.165) is 31.6 Å². The van der Waals surface area contributed by atoms with Gasteiger partial charge in [0.25, 0.3) is 0 Å². The Hall–Kier alpha value is -2.79. The van der Waals surface area contributed by atoms with Crippen molar-refractivity contribution in [2.45, 2.75) is 37.8 Å². The lowest BCUT2D eigenvalue weighted by atomic mass is 9.84. The van der Waals surface area contributed by atoms with Crippen LogP contribution < -0.4 is 4.90 Å². The molecule has 2 unspecified atom stereocenters. The Morgan fingerprint density at radius 1 is 1.00 bits per heavy atom. The Morgan fingerprint density at radius 3 is 2.33 bits per heavy atom. The van der Waals surface area contributed by atoms with Gasteiger partial charge in [-0.2, -0.15) is 0 Å². The summed E-state index contributed by atoms with van der Waals surface area (Å²) in [6.45, 7) is 0. The van der Waals surface area contributed by atoms with Gasteiger partial charge in [-0.1, -0.05) is 35.9 Å². The third-order valence-electron chi connectivity index (χ3n) is 6.30. The summed E-state index contributed by atoms with van der Waals surface area (Å²) in [5.74, 6) is 0.601. The molecule has 0 N–H and O–H groups in total. The average Bonchev–Trinajstić information content (AvgIpc) is 3.05. The highest BCUT2D eigenvalue weighted by Gasteiger charge is 2.44. The first-order valence-corrected chi connectivity index (χ1v) is 10.6. The third kappa shape index (κ3) is 3.47. The number of rotatable bonds is 4. The summed E-state index contributed by atoms with van der Waals surface area (Å²) in [7, 11) is 0. The van der Waals surface area contributed by atoms with Crippen LogP contribution in [0.1, 0.15) is 36.0 Å². The first kappa shape index (κ1) is 19.2. The molecule has 0 radical (unpaired) electrons. The number of ketones is 1. The Balaban J connectivity index is 1.33. The maximum atomic E-state index is 14.1. The number of benzene rings is 2. The molecule has 0 saturated carbocycles. The summed E-state index contributed by atoms with van der Waals surface area (Å²) in [4.78, 5) is 24.3. The van der Waals surface area contributed by atoms with Crippen LogP contribution in [-0.4, -0.2) is 27.8 Å². The largest absolute Gasteiger partial charge is 0.335 e. The molecule has 2 bridgehead atoms. The van der Waals surface area contributed by atoms with Gasteiger partial charge in [-0.3, -0.25) is 4.79 Å². The summed E-state index contributed by atoms with van der Waals surface area (Å²) in [5.41, 5.74) is 1.83. The minimum absolute atomic E-state index is 0.00350. The highest BCUT2D eigenvalue weighted by molar-refractivity contribution is 6.30. The van der Waals surface area contributed by atoms with Crippen molar-refractivity contribution in [1.82, 2.24) is 9.97 Å². The number of hydrogen-bond acceptors (Lipinski definition) is 4. The van der Waals surface area contributed by atoms with E-state index in [4.69, 9.17) is 11.6 Å². The van der Waals surface area contributed by atoms with Gasteiger partial charge in [0.1, 0.15) is 5.82 Å². The minimum Gasteiger partial charge on any atom is -0.335 e. The van der Waals surface area contributed by atoms with Gasteiger partial charge in [0, 0.05) is 46.5 Å². The number of carbonyl (C=O) groups is 1. The normalized spacial score (nSPS) is 22.9. The maximum Gasteiger partial charge on any atom is 0.225 e. The summed E-state index contributed by atoms with van der Waals surface area (Å²) in [6.07, 6.45) is 7.31. The highest BCUT2D eigenvalue weighted by Crippen LogP contribution is 2.41. The summed E-state index contributed by atoms with van der Waals surface area (Å²) in [6, 6.07) is 14.1. The molecule has 152 valence electrons. The molecule has 3 aromatic rings. The highest BCUT2D eigenvalue weighted by atomic mass is 35.5. The third-order valence-corrected chi connectivity index (χ3v) is 6.53. The molecule has 1 aromatic heterocycles. The Labute approximate surface area is 179 Å². The number of nitrogens with zero attached hydrogens (tertiary/aromatic N) is 3. The van der Waals surface area contributed by atoms with Crippen molar-refractivity contribution < 1.29 is 9.18 Å². The van der Waals surface area contributed by atoms with E-state index in [1.54, 1.807) is 42.7 Å². The number of fused-ring (bicyclic) bond motifs is 2. The zero-order valence-corrected chi connectivity index (χ0v) is 17.1. The zero-order chi connectivity index (χ0) is 20.7. The van der Waals surface area contributed by atoms with Gasteiger partial charge in [0.2, 0.25) is 5.95 Å². The van der Waals surface area contributed by atoms with Crippen molar-refractivity contribution in [3.05, 3.63) is 77.3 Å². The molecule has 0 spiro atoms. The van der Waals surface area contributed by atoms with Crippen LogP contribution >= 0.6 is 11.6 Å². The van der Waals surface area contributed by atoms with Gasteiger partial charge in [-0.05, 0) is 55.5 Å². The fourth-order valence-electron chi connectivity index (χ4n) is 4.91. The Kier molecular flexibility index (Phi) is 4.99. The van der Waals surface area contributed by atoms with E-state index in [1.165, 1.54) is 12.1 Å². The number of anilines is 1. The molecule has 0 aliphatic carbocycles. The SMILES string of the molecule is O=C(c1ccc(-c2cc(Cl)ccc2F)cc1)C1CC2CCC(C1)N2c1ncccn1. The monoisotopic (exact) mass is 421 g/mol. The van der Waals surface area contributed by atoms with Crippen LogP contribution in [0.15, 0.2) is 60.9 Å². The van der Waals surface area contributed by atoms with Gasteiger partial charge < -0.3 is 4.90 Å². The lowest BCUT2D eigenvalue weighted by molar-refractivity contribution is 0.0885. The van der Waals surface area contributed by atoms with Gasteiger partial charge in [-0.15, -0.1) is 0 Å². The van der Waals surface area contributed by atoms with Crippen LogP contribution in [0.25, 0.3) is 11.1 Å². The molecule has 2 aliphatic rings. The number of carbonyl (C=O) groups excluding carboxylic acids is 1. The summed E-state index contributed by atoms with van der Waals surface area (Å²) < 4.78 is 14.1. The van der Waals surface area contributed by atoms with Gasteiger partial charge in [0.05, 0.1) is 0 Å². The zero-order valence-electron chi connectivity index (χ0n) is 16.3. The topological polar surface area (TPSA) is 46.1 Å². The van der Waals surface area contributed by atoms with E-state index in [0.29, 0.717) is 33.8 Å². The molecule has 2 atom stereocenters. The molecule has 30 heavy (non-hydrogen) atoms. The van der Waals surface area contributed by atoms with Crippen LogP contribution in [0.2, 0.25) is 5.02 Å². The Morgan fingerprint density at radius 2 is 1.67 bits per heavy atom. The molecule has 2 fully saturated rings. The van der Waals surface area contributed by atoms with E-state index in [2.05, 4.69) is 14.9 Å². The standard InChI is InChI=1S/C24H21ClFN3O/c25-18-6-9-22(26)21(14-18)15-2-4-16(5-3-15)23(30)17-12-19-7-8-20(13-17)29(19)24-27-10-1-11-28-24/h1-6,9-11,14,17,19-20H,7-8,12-13H2. The van der Waals surface area contributed by atoms with Gasteiger partial charge >= 0.3 is 0 Å². The molecule has 5 rings (SSSR count). The van der Waals surface area contributed by atoms with E-state index in [1.807, 2.05) is 6.07 Å². The average molecular weight is 422 g/mol. The van der Waals surface area contributed by atoms with Crippen molar-refractivity contribution in [2.75, 3.05) is 4.90 Å². The number of aromatic nitrogens is 2. The maximum absolute atomic E-state index is 14.1. The van der Waals surface area contributed by atoms with Gasteiger partial charge in [-0.25, -0.2) is 14.4 Å². The van der Waals surface area contributed by atoms with Crippen LogP contribution in [0, 0.1) is 11.7 Å². The fraction of sp³-hybridized carbons (Fsp3) is 0.292. The number of halogens is 2. The number of piperidine rings is 1. The lowest BCUT2D eigenvalue weighted by Crippen LogP contribution is -2.45. The number of Topliss-reactive ketones (excluding diaryl/α,β-unsaturated/α-hetero) is 1. The van der Waals surface area contributed by atoms with Crippen molar-refractivity contribution in [3.63, 3.8) is 0 Å². The summed E-state index contributed by atoms with van der Waals surface area (Å²) in [5, 5.41) is 0.483. The second kappa shape index (κ2) is 7.80. The summed E-state index contributed by atoms with van der Waals surface area (Å²) >= 11 is 6.01. The molecule has 2 aliphatic heterocycles. The molecule has 0 amide bonds. The van der Waals surface area contributed by atoms with Crippen molar-refractivity contribution in [3.8, 4) is 11.1 Å². The van der Waals surface area contributed by atoms with Crippen LogP contribution in [-0.2, 0) is 0 Å². The molecular formula is C24H21ClFN3O. The van der Waals surface area contributed by atoms with E-state index < -0.39 is 0 Å². The minimum atomic E-state index is -0.328. The lowest BCUT2D eigenvalue weighted by Gasteiger charge is -2.38. The van der Waals surface area contributed by atoms with Crippen molar-refractivity contribution in [1.29, 1.82) is 0 Å². The molecule has 3 heterocycles. The van der Waals surface area contributed by atoms with Crippen molar-refractivity contribution in [2.24, 2.45) is 5.92 Å². The Bertz CT molecular complexity index is 1060. The molecule has 2 saturated heterocycles. The molecule has 2 aromatic carbocycles. The predicted molar refractivity (Wildman–Crippen MR) is 115 cm³/mol. The smallest absolute Gasteiger partial charge is 0.225 e. The van der Waals surface area contributed by atoms with Gasteiger partial charge in [0.15, 0.2) is 5.78 Å². The second-order valence-corrected chi connectivity index (χ2v) is 8.51. The van der Waals surface area contributed by atoms with Crippen LogP contribution in [0.4, 0.5) is 10.3 Å². The molecule has 4 nitrogen and oxygen atoms in total. The first-order valence-electron chi connectivity index (χ1n) is 10.2. The van der Waals surface area contributed by atoms with E-state index in [9.17, 15) is 9.18 Å².